The summed E-state index contributed by atoms with van der Waals surface area (Å²) in [6, 6.07) is 27.9. The summed E-state index contributed by atoms with van der Waals surface area (Å²) in [4.78, 5) is 25.6. The van der Waals surface area contributed by atoms with E-state index in [4.69, 9.17) is 54.3 Å². The fourth-order valence-electron chi connectivity index (χ4n) is 4.52. The van der Waals surface area contributed by atoms with Crippen molar-refractivity contribution in [1.82, 2.24) is 4.98 Å². The van der Waals surface area contributed by atoms with Crippen molar-refractivity contribution in [2.24, 2.45) is 7.92 Å². The monoisotopic (exact) mass is 787 g/mol. The molecule has 0 aliphatic carbocycles. The van der Waals surface area contributed by atoms with Gasteiger partial charge in [-0.3, -0.25) is 9.59 Å². The van der Waals surface area contributed by atoms with E-state index in [0.717, 1.165) is 44.8 Å². The molecule has 0 spiro atoms. The van der Waals surface area contributed by atoms with Gasteiger partial charge >= 0.3 is 220 Å². The molecular formula is C35H27Cl6FeN3O2. The molecule has 5 nitrogen and oxygen atoms in total. The number of carbonyl (C=O) groups is 2. The maximum atomic E-state index is 10.8. The van der Waals surface area contributed by atoms with Crippen LogP contribution in [0.4, 0.5) is 11.4 Å². The van der Waals surface area contributed by atoms with Gasteiger partial charge in [-0.25, -0.2) is 4.98 Å². The van der Waals surface area contributed by atoms with Gasteiger partial charge in [-0.2, -0.15) is 0 Å². The Bertz CT molecular complexity index is 1810. The molecule has 0 aliphatic heterocycles. The molecule has 1 aromatic heterocycles. The maximum Gasteiger partial charge on any atom is -1.00 e. The van der Waals surface area contributed by atoms with Crippen LogP contribution in [-0.4, -0.2) is 16.6 Å². The van der Waals surface area contributed by atoms with Gasteiger partial charge in [0.15, 0.2) is 11.6 Å². The van der Waals surface area contributed by atoms with Crippen LogP contribution in [0.5, 0.6) is 0 Å². The number of rotatable bonds is 6. The van der Waals surface area contributed by atoms with Crippen molar-refractivity contribution < 1.29 is 49.0 Å². The molecule has 0 saturated carbocycles. The van der Waals surface area contributed by atoms with E-state index in [9.17, 15) is 9.59 Å². The molecule has 4 aromatic carbocycles. The number of ketones is 2. The summed E-state index contributed by atoms with van der Waals surface area (Å²) in [5.41, 5.74) is 8.00. The normalized spacial score (nSPS) is 9.96. The van der Waals surface area contributed by atoms with Crippen molar-refractivity contribution in [3.05, 3.63) is 134 Å². The second-order valence-corrected chi connectivity index (χ2v) is 12.3. The Kier molecular flexibility index (Phi) is 16.1. The zero-order chi connectivity index (χ0) is 32.7. The number of aryl methyl sites for hydroxylation is 2. The molecule has 0 saturated heterocycles. The number of hydrogen-bond donors (Lipinski definition) is 0. The fourth-order valence-corrected chi connectivity index (χ4v) is 6.63. The molecule has 0 amide bonds. The van der Waals surface area contributed by atoms with Crippen LogP contribution >= 0.6 is 46.4 Å². The molecule has 0 unspecified atom stereocenters. The van der Waals surface area contributed by atoms with Gasteiger partial charge in [0.05, 0.1) is 0 Å². The molecule has 0 fully saturated rings. The summed E-state index contributed by atoms with van der Waals surface area (Å²) in [7, 11) is 0. The fraction of sp³-hybridized carbons (Fsp3) is 0.114. The summed E-state index contributed by atoms with van der Waals surface area (Å²) >= 11 is 25.6. The second-order valence-electron chi connectivity index (χ2n) is 9.94. The van der Waals surface area contributed by atoms with Crippen LogP contribution in [0.3, 0.4) is 0 Å². The SMILES string of the molecule is CC(=O)c1cccc(C(C)=O)n1.Cc1cc(Cl)cc(Cl)c1-c1ccccc1[N]=[Fe+2]=[N]c1ccccc1-c1c(C)cc(Cl)cc1Cl.[Cl-].[Cl-]. The molecule has 5 aromatic rings. The van der Waals surface area contributed by atoms with Crippen molar-refractivity contribution in [3.63, 3.8) is 0 Å². The maximum absolute atomic E-state index is 10.8. The molecule has 12 heteroatoms. The summed E-state index contributed by atoms with van der Waals surface area (Å²) in [6.07, 6.45) is 0. The van der Waals surface area contributed by atoms with Crippen molar-refractivity contribution in [2.45, 2.75) is 27.7 Å². The molecule has 0 aliphatic rings. The molecule has 0 radical (unpaired) electrons. The minimum absolute atomic E-state index is 0. The van der Waals surface area contributed by atoms with E-state index >= 15 is 0 Å². The predicted octanol–water partition coefficient (Wildman–Crippen LogP) is 6.16. The van der Waals surface area contributed by atoms with Crippen LogP contribution in [-0.2, 0) is 14.6 Å². The molecule has 5 rings (SSSR count). The first-order valence-electron chi connectivity index (χ1n) is 13.6. The van der Waals surface area contributed by atoms with Crippen LogP contribution in [0.2, 0.25) is 20.1 Å². The van der Waals surface area contributed by atoms with Crippen LogP contribution in [0.1, 0.15) is 46.0 Å². The first-order valence-corrected chi connectivity index (χ1v) is 16.1. The molecule has 244 valence electrons. The minimum Gasteiger partial charge on any atom is -1.00 e. The number of benzene rings is 4. The van der Waals surface area contributed by atoms with E-state index in [1.54, 1.807) is 30.3 Å². The van der Waals surface area contributed by atoms with Gasteiger partial charge in [-0.15, -0.1) is 0 Å². The standard InChI is InChI=1S/2C13H9Cl2N.C9H9NO2.2ClH.Fe/c2*1-8-6-9(14)7-11(15)13(8)10-4-2-3-5-12(10)16;1-6(11)8-4-3-5-9(10-8)7(2)12;;;/h2*2-7H,1H3;3-5H,1-2H3;2*1H;/q;;;;;+2/p-2. The molecule has 0 bridgehead atoms. The van der Waals surface area contributed by atoms with E-state index < -0.39 is 0 Å². The summed E-state index contributed by atoms with van der Waals surface area (Å²) in [6.45, 7) is 6.82. The first kappa shape index (κ1) is 40.4. The summed E-state index contributed by atoms with van der Waals surface area (Å²) < 4.78 is 9.53. The van der Waals surface area contributed by atoms with Crippen molar-refractivity contribution in [3.8, 4) is 22.3 Å². The minimum atomic E-state index is -0.127. The number of halogens is 6. The quantitative estimate of drug-likeness (QED) is 0.153. The zero-order valence-corrected chi connectivity index (χ0v) is 31.1. The Morgan fingerprint density at radius 1 is 0.596 bits per heavy atom. The Balaban J connectivity index is 0.000000466. The third kappa shape index (κ3) is 10.6. The van der Waals surface area contributed by atoms with Gasteiger partial charge in [-0.1, -0.05) is 6.07 Å². The number of hydrogen-bond acceptors (Lipinski definition) is 5. The van der Waals surface area contributed by atoms with E-state index in [0.29, 0.717) is 31.5 Å². The molecule has 0 N–H and O–H groups in total. The zero-order valence-electron chi connectivity index (χ0n) is 25.4. The van der Waals surface area contributed by atoms with E-state index in [-0.39, 0.29) is 50.9 Å². The Labute approximate surface area is 312 Å². The van der Waals surface area contributed by atoms with Gasteiger partial charge in [0, 0.05) is 13.8 Å². The number of aromatic nitrogens is 1. The van der Waals surface area contributed by atoms with Crippen LogP contribution < -0.4 is 24.8 Å². The smallest absolute Gasteiger partial charge is 1.00 e. The van der Waals surface area contributed by atoms with Crippen LogP contribution in [0.15, 0.2) is 98.9 Å². The largest absolute Gasteiger partial charge is 1.00 e. The number of carbonyl (C=O) groups excluding carboxylic acids is 2. The number of Topliss-reactive ketones (excluding diaryl/α,β-unsaturated/α-hetero) is 2. The van der Waals surface area contributed by atoms with E-state index in [2.05, 4.69) is 4.98 Å². The summed E-state index contributed by atoms with van der Waals surface area (Å²) in [5, 5.41) is 2.41. The number of pyridine rings is 1. The van der Waals surface area contributed by atoms with Crippen molar-refractivity contribution in [2.75, 3.05) is 0 Å². The first-order chi connectivity index (χ1) is 21.5. The van der Waals surface area contributed by atoms with E-state index in [1.165, 1.54) is 13.8 Å². The topological polar surface area (TPSA) is 71.8 Å². The molecule has 47 heavy (non-hydrogen) atoms. The van der Waals surface area contributed by atoms with Crippen LogP contribution in [0, 0.1) is 13.8 Å². The van der Waals surface area contributed by atoms with Crippen LogP contribution in [0.25, 0.3) is 22.3 Å². The number of nitrogens with zero attached hydrogens (tertiary/aromatic N) is 3. The van der Waals surface area contributed by atoms with E-state index in [1.807, 2.05) is 74.5 Å². The average molecular weight is 790 g/mol. The van der Waals surface area contributed by atoms with Gasteiger partial charge in [0.1, 0.15) is 11.4 Å². The Morgan fingerprint density at radius 2 is 0.979 bits per heavy atom. The Morgan fingerprint density at radius 3 is 1.34 bits per heavy atom. The van der Waals surface area contributed by atoms with Gasteiger partial charge in [0.2, 0.25) is 0 Å². The summed E-state index contributed by atoms with van der Waals surface area (Å²) in [5.74, 6) is -0.254. The average Bonchev–Trinajstić information content (AvgIpc) is 2.98. The van der Waals surface area contributed by atoms with Gasteiger partial charge < -0.3 is 24.8 Å². The van der Waals surface area contributed by atoms with Crippen molar-refractivity contribution in [1.29, 1.82) is 0 Å². The van der Waals surface area contributed by atoms with Crippen molar-refractivity contribution >= 4 is 69.3 Å². The second kappa shape index (κ2) is 18.7. The Hall–Kier alpha value is -2.77. The third-order valence-corrected chi connectivity index (χ3v) is 8.35. The molecule has 1 heterocycles. The predicted molar refractivity (Wildman–Crippen MR) is 182 cm³/mol. The molecular weight excluding hydrogens is 763 g/mol. The third-order valence-electron chi connectivity index (χ3n) is 6.56. The van der Waals surface area contributed by atoms with Gasteiger partial charge in [-0.05, 0) is 12.1 Å². The molecule has 0 atom stereocenters. The van der Waals surface area contributed by atoms with Gasteiger partial charge in [0.25, 0.3) is 0 Å².